The van der Waals surface area contributed by atoms with Crippen LogP contribution in [0.2, 0.25) is 0 Å². The molecule has 0 bridgehead atoms. The van der Waals surface area contributed by atoms with Crippen molar-refractivity contribution < 1.29 is 8.42 Å². The summed E-state index contributed by atoms with van der Waals surface area (Å²) in [6, 6.07) is 7.98. The first-order chi connectivity index (χ1) is 12.3. The zero-order valence-corrected chi connectivity index (χ0v) is 16.6. The van der Waals surface area contributed by atoms with E-state index in [4.69, 9.17) is 0 Å². The van der Waals surface area contributed by atoms with Crippen molar-refractivity contribution >= 4 is 27.3 Å². The topological polar surface area (TPSA) is 75.2 Å². The van der Waals surface area contributed by atoms with Gasteiger partial charge in [-0.05, 0) is 51.3 Å². The van der Waals surface area contributed by atoms with Gasteiger partial charge in [-0.15, -0.1) is 0 Å². The highest BCUT2D eigenvalue weighted by Gasteiger charge is 2.32. The monoisotopic (exact) mass is 374 g/mol. The number of anilines is 3. The van der Waals surface area contributed by atoms with E-state index in [1.165, 1.54) is 5.56 Å². The molecule has 2 aromatic rings. The van der Waals surface area contributed by atoms with Crippen molar-refractivity contribution in [2.24, 2.45) is 0 Å². The van der Waals surface area contributed by atoms with Crippen LogP contribution in [-0.4, -0.2) is 42.5 Å². The molecule has 1 saturated heterocycles. The van der Waals surface area contributed by atoms with Gasteiger partial charge in [-0.2, -0.15) is 4.98 Å². The van der Waals surface area contributed by atoms with Crippen molar-refractivity contribution in [2.45, 2.75) is 40.2 Å². The number of benzene rings is 1. The second-order valence-electron chi connectivity index (χ2n) is 6.91. The number of aromatic nitrogens is 2. The first-order valence-corrected chi connectivity index (χ1v) is 10.8. The molecule has 7 heteroatoms. The number of nitrogens with zero attached hydrogens (tertiary/aromatic N) is 3. The first kappa shape index (κ1) is 18.6. The van der Waals surface area contributed by atoms with Crippen molar-refractivity contribution in [3.8, 4) is 0 Å². The summed E-state index contributed by atoms with van der Waals surface area (Å²) in [7, 11) is -2.94. The predicted molar refractivity (Wildman–Crippen MR) is 106 cm³/mol. The third-order valence-corrected chi connectivity index (χ3v) is 6.73. The van der Waals surface area contributed by atoms with Gasteiger partial charge in [-0.3, -0.25) is 0 Å². The maximum Gasteiger partial charge on any atom is 0.229 e. The molecule has 6 nitrogen and oxygen atoms in total. The first-order valence-electron chi connectivity index (χ1n) is 8.95. The summed E-state index contributed by atoms with van der Waals surface area (Å²) >= 11 is 0. The van der Waals surface area contributed by atoms with Gasteiger partial charge in [0.05, 0.1) is 11.5 Å². The third-order valence-electron chi connectivity index (χ3n) is 4.98. The van der Waals surface area contributed by atoms with Crippen LogP contribution in [0.3, 0.4) is 0 Å². The molecule has 1 atom stereocenters. The summed E-state index contributed by atoms with van der Waals surface area (Å²) in [5, 5.41) is 3.31. The van der Waals surface area contributed by atoms with Gasteiger partial charge in [0.15, 0.2) is 9.84 Å². The van der Waals surface area contributed by atoms with Crippen LogP contribution < -0.4 is 10.2 Å². The molecule has 26 heavy (non-hydrogen) atoms. The maximum absolute atomic E-state index is 11.9. The minimum Gasteiger partial charge on any atom is -0.353 e. The Balaban J connectivity index is 1.90. The number of rotatable bonds is 5. The molecule has 2 heterocycles. The smallest absolute Gasteiger partial charge is 0.229 e. The lowest BCUT2D eigenvalue weighted by Crippen LogP contribution is -2.37. The molecule has 1 aliphatic rings. The number of hydrogen-bond acceptors (Lipinski definition) is 6. The van der Waals surface area contributed by atoms with Gasteiger partial charge < -0.3 is 10.2 Å². The fourth-order valence-electron chi connectivity index (χ4n) is 3.39. The van der Waals surface area contributed by atoms with Crippen molar-refractivity contribution in [2.75, 3.05) is 28.3 Å². The van der Waals surface area contributed by atoms with E-state index in [1.807, 2.05) is 32.0 Å². The van der Waals surface area contributed by atoms with E-state index in [-0.39, 0.29) is 17.5 Å². The fraction of sp³-hybridized carbons (Fsp3) is 0.474. The van der Waals surface area contributed by atoms with Crippen molar-refractivity contribution in [3.05, 3.63) is 41.1 Å². The third kappa shape index (κ3) is 3.98. The Hall–Kier alpha value is -2.15. The van der Waals surface area contributed by atoms with Crippen molar-refractivity contribution in [1.29, 1.82) is 0 Å². The van der Waals surface area contributed by atoms with E-state index in [1.54, 1.807) is 0 Å². The molecule has 0 amide bonds. The number of aryl methyl sites for hydroxylation is 2. The number of nitrogens with one attached hydrogen (secondary N) is 1. The predicted octanol–water partition coefficient (Wildman–Crippen LogP) is 3.16. The lowest BCUT2D eigenvalue weighted by molar-refractivity contribution is 0.599. The zero-order valence-electron chi connectivity index (χ0n) is 15.8. The van der Waals surface area contributed by atoms with Crippen LogP contribution in [0.5, 0.6) is 0 Å². The van der Waals surface area contributed by atoms with E-state index in [9.17, 15) is 8.42 Å². The average Bonchev–Trinajstić information content (AvgIpc) is 2.92. The fourth-order valence-corrected chi connectivity index (χ4v) is 5.12. The Bertz CT molecular complexity index is 912. The molecule has 0 aliphatic carbocycles. The molecule has 1 unspecified atom stereocenters. The quantitative estimate of drug-likeness (QED) is 0.866. The minimum atomic E-state index is -2.94. The Morgan fingerprint density at radius 3 is 2.65 bits per heavy atom. The van der Waals surface area contributed by atoms with Gasteiger partial charge in [0.25, 0.3) is 0 Å². The summed E-state index contributed by atoms with van der Waals surface area (Å²) in [5.74, 6) is 1.76. The maximum atomic E-state index is 11.9. The molecule has 140 valence electrons. The van der Waals surface area contributed by atoms with Gasteiger partial charge in [-0.1, -0.05) is 12.1 Å². The van der Waals surface area contributed by atoms with E-state index < -0.39 is 9.84 Å². The molecule has 0 spiro atoms. The molecule has 1 fully saturated rings. The summed E-state index contributed by atoms with van der Waals surface area (Å²) in [6.07, 6.45) is 0.652. The van der Waals surface area contributed by atoms with Crippen LogP contribution in [0.4, 0.5) is 17.5 Å². The second-order valence-corrected chi connectivity index (χ2v) is 9.14. The summed E-state index contributed by atoms with van der Waals surface area (Å²) in [6.45, 7) is 8.80. The van der Waals surface area contributed by atoms with Gasteiger partial charge in [0.2, 0.25) is 5.95 Å². The molecule has 1 aromatic carbocycles. The highest BCUT2D eigenvalue weighted by atomic mass is 32.2. The summed E-state index contributed by atoms with van der Waals surface area (Å²) in [5.41, 5.74) is 4.19. The van der Waals surface area contributed by atoms with Gasteiger partial charge in [-0.25, -0.2) is 13.4 Å². The SMILES string of the molecule is CCN(c1cc(C)nc(Nc2cccc(C)c2C)n1)C1CCS(=O)(=O)C1. The van der Waals surface area contributed by atoms with Crippen molar-refractivity contribution in [3.63, 3.8) is 0 Å². The number of sulfone groups is 1. The van der Waals surface area contributed by atoms with Crippen LogP contribution in [0.15, 0.2) is 24.3 Å². The normalized spacial score (nSPS) is 18.7. The largest absolute Gasteiger partial charge is 0.353 e. The summed E-state index contributed by atoms with van der Waals surface area (Å²) < 4.78 is 23.7. The minimum absolute atomic E-state index is 0.0205. The molecule has 1 N–H and O–H groups in total. The zero-order chi connectivity index (χ0) is 18.9. The molecule has 3 rings (SSSR count). The molecule has 0 saturated carbocycles. The van der Waals surface area contributed by atoms with Crippen LogP contribution in [0, 0.1) is 20.8 Å². The Kier molecular flexibility index (Phi) is 5.18. The highest BCUT2D eigenvalue weighted by Crippen LogP contribution is 2.26. The molecular formula is C19H26N4O2S. The molecule has 1 aromatic heterocycles. The lowest BCUT2D eigenvalue weighted by atomic mass is 10.1. The molecular weight excluding hydrogens is 348 g/mol. The van der Waals surface area contributed by atoms with E-state index in [0.717, 1.165) is 22.8 Å². The van der Waals surface area contributed by atoms with Crippen LogP contribution in [-0.2, 0) is 9.84 Å². The average molecular weight is 375 g/mol. The lowest BCUT2D eigenvalue weighted by Gasteiger charge is -2.28. The van der Waals surface area contributed by atoms with Gasteiger partial charge in [0, 0.05) is 30.0 Å². The van der Waals surface area contributed by atoms with Crippen LogP contribution in [0.25, 0.3) is 0 Å². The van der Waals surface area contributed by atoms with Crippen LogP contribution in [0.1, 0.15) is 30.2 Å². The van der Waals surface area contributed by atoms with Gasteiger partial charge >= 0.3 is 0 Å². The standard InChI is InChI=1S/C19H26N4O2S/c1-5-23(16-9-10-26(24,25)12-16)18-11-14(3)20-19(22-18)21-17-8-6-7-13(2)15(17)4/h6-8,11,16H,5,9-10,12H2,1-4H3,(H,20,21,22). The highest BCUT2D eigenvalue weighted by molar-refractivity contribution is 7.91. The van der Waals surface area contributed by atoms with Crippen molar-refractivity contribution in [1.82, 2.24) is 9.97 Å². The molecule has 1 aliphatic heterocycles. The Morgan fingerprint density at radius 2 is 2.00 bits per heavy atom. The van der Waals surface area contributed by atoms with E-state index in [2.05, 4.69) is 40.1 Å². The van der Waals surface area contributed by atoms with Gasteiger partial charge in [0.1, 0.15) is 5.82 Å². The molecule has 0 radical (unpaired) electrons. The summed E-state index contributed by atoms with van der Waals surface area (Å²) in [4.78, 5) is 11.3. The van der Waals surface area contributed by atoms with E-state index >= 15 is 0 Å². The van der Waals surface area contributed by atoms with E-state index in [0.29, 0.717) is 18.9 Å². The Morgan fingerprint density at radius 1 is 1.23 bits per heavy atom. The second kappa shape index (κ2) is 7.23. The Labute approximate surface area is 155 Å². The number of hydrogen-bond donors (Lipinski definition) is 1. The van der Waals surface area contributed by atoms with Crippen LogP contribution >= 0.6 is 0 Å².